The number of aryl methyl sites for hydroxylation is 1. The summed E-state index contributed by atoms with van der Waals surface area (Å²) in [6, 6.07) is 0. The molecule has 0 bridgehead atoms. The highest BCUT2D eigenvalue weighted by Crippen LogP contribution is 2.13. The molecule has 2 rings (SSSR count). The van der Waals surface area contributed by atoms with Gasteiger partial charge in [-0.15, -0.1) is 5.10 Å². The highest BCUT2D eigenvalue weighted by atomic mass is 32.1. The molecule has 0 amide bonds. The third-order valence-electron chi connectivity index (χ3n) is 2.70. The van der Waals surface area contributed by atoms with E-state index in [9.17, 15) is 0 Å². The molecule has 0 fully saturated rings. The van der Waals surface area contributed by atoms with Crippen molar-refractivity contribution in [2.45, 2.75) is 26.4 Å². The predicted octanol–water partition coefficient (Wildman–Crippen LogP) is 1.72. The topological polar surface area (TPSA) is 54.7 Å². The molecule has 2 heterocycles. The largest absolute Gasteiger partial charge is 0.340 e. The van der Waals surface area contributed by atoms with Crippen LogP contribution in [0.25, 0.3) is 0 Å². The number of rotatable bonds is 5. The Balaban J connectivity index is 2.18. The molecule has 98 valence electrons. The number of anilines is 1. The highest BCUT2D eigenvalue weighted by molar-refractivity contribution is 7.71. The molecule has 0 unspecified atom stereocenters. The van der Waals surface area contributed by atoms with Gasteiger partial charge in [-0.1, -0.05) is 6.92 Å². The summed E-state index contributed by atoms with van der Waals surface area (Å²) in [6.07, 6.45) is 4.89. The quantitative estimate of drug-likeness (QED) is 0.837. The van der Waals surface area contributed by atoms with Gasteiger partial charge in [0.05, 0.1) is 6.20 Å². The molecule has 0 aromatic carbocycles. The minimum Gasteiger partial charge on any atom is -0.340 e. The highest BCUT2D eigenvalue weighted by Gasteiger charge is 2.11. The first-order chi connectivity index (χ1) is 8.61. The Morgan fingerprint density at radius 2 is 2.28 bits per heavy atom. The van der Waals surface area contributed by atoms with Crippen molar-refractivity contribution in [3.05, 3.63) is 22.7 Å². The lowest BCUT2D eigenvalue weighted by atomic mass is 10.3. The van der Waals surface area contributed by atoms with Gasteiger partial charge >= 0.3 is 0 Å². The lowest BCUT2D eigenvalue weighted by molar-refractivity contribution is 0.654. The Morgan fingerprint density at radius 3 is 2.89 bits per heavy atom. The van der Waals surface area contributed by atoms with E-state index in [0.29, 0.717) is 4.77 Å². The summed E-state index contributed by atoms with van der Waals surface area (Å²) < 4.78 is 4.49. The first-order valence-electron chi connectivity index (χ1n) is 5.95. The summed E-state index contributed by atoms with van der Waals surface area (Å²) in [7, 11) is 3.92. The van der Waals surface area contributed by atoms with Crippen LogP contribution in [0.1, 0.15) is 18.9 Å². The normalized spacial score (nSPS) is 10.8. The van der Waals surface area contributed by atoms with E-state index in [1.54, 1.807) is 4.68 Å². The third kappa shape index (κ3) is 2.61. The Morgan fingerprint density at radius 1 is 1.50 bits per heavy atom. The van der Waals surface area contributed by atoms with E-state index in [2.05, 4.69) is 27.1 Å². The molecular formula is C11H18N6S. The van der Waals surface area contributed by atoms with E-state index in [1.165, 1.54) is 0 Å². The van der Waals surface area contributed by atoms with Gasteiger partial charge in [0.2, 0.25) is 5.95 Å². The van der Waals surface area contributed by atoms with Crippen LogP contribution in [0.15, 0.2) is 12.4 Å². The Labute approximate surface area is 111 Å². The van der Waals surface area contributed by atoms with Gasteiger partial charge in [-0.3, -0.25) is 9.25 Å². The molecule has 7 heteroatoms. The smallest absolute Gasteiger partial charge is 0.225 e. The summed E-state index contributed by atoms with van der Waals surface area (Å²) in [4.78, 5) is 2.07. The second-order valence-corrected chi connectivity index (χ2v) is 4.75. The molecule has 18 heavy (non-hydrogen) atoms. The second-order valence-electron chi connectivity index (χ2n) is 4.36. The van der Waals surface area contributed by atoms with Crippen molar-refractivity contribution in [1.29, 1.82) is 0 Å². The van der Waals surface area contributed by atoms with Gasteiger partial charge in [0, 0.05) is 38.9 Å². The summed E-state index contributed by atoms with van der Waals surface area (Å²) in [6.45, 7) is 3.76. The van der Waals surface area contributed by atoms with Gasteiger partial charge in [-0.2, -0.15) is 5.10 Å². The number of hydrogen-bond acceptors (Lipinski definition) is 4. The van der Waals surface area contributed by atoms with E-state index < -0.39 is 0 Å². The van der Waals surface area contributed by atoms with Crippen LogP contribution in [0, 0.1) is 4.77 Å². The molecule has 0 saturated heterocycles. The van der Waals surface area contributed by atoms with Crippen LogP contribution in [0.2, 0.25) is 0 Å². The summed E-state index contributed by atoms with van der Waals surface area (Å²) in [5.41, 5.74) is 1.15. The molecular weight excluding hydrogens is 248 g/mol. The number of aromatic amines is 1. The van der Waals surface area contributed by atoms with Crippen LogP contribution in [0.5, 0.6) is 0 Å². The van der Waals surface area contributed by atoms with Crippen LogP contribution in [0.4, 0.5) is 5.95 Å². The Bertz CT molecular complexity index is 566. The van der Waals surface area contributed by atoms with Crippen LogP contribution < -0.4 is 4.90 Å². The van der Waals surface area contributed by atoms with Crippen molar-refractivity contribution in [1.82, 2.24) is 24.5 Å². The fourth-order valence-corrected chi connectivity index (χ4v) is 2.14. The lowest BCUT2D eigenvalue weighted by Gasteiger charge is -2.17. The minimum atomic E-state index is 0.671. The van der Waals surface area contributed by atoms with Crippen molar-refractivity contribution >= 4 is 18.2 Å². The number of aromatic nitrogens is 5. The molecule has 2 aromatic heterocycles. The zero-order chi connectivity index (χ0) is 13.1. The standard InChI is InChI=1S/C11H18N6S/c1-4-5-17-10(13-14-11(17)18)15(2)7-9-6-12-16(3)8-9/h6,8H,4-5,7H2,1-3H3,(H,14,18). The zero-order valence-corrected chi connectivity index (χ0v) is 11.7. The molecule has 2 aromatic rings. The number of H-pyrrole nitrogens is 1. The van der Waals surface area contributed by atoms with E-state index in [4.69, 9.17) is 12.2 Å². The summed E-state index contributed by atoms with van der Waals surface area (Å²) in [5.74, 6) is 0.866. The Hall–Kier alpha value is -1.63. The molecule has 0 aliphatic heterocycles. The second kappa shape index (κ2) is 5.34. The first kappa shape index (κ1) is 12.8. The third-order valence-corrected chi connectivity index (χ3v) is 3.02. The molecule has 0 radical (unpaired) electrons. The summed E-state index contributed by atoms with van der Waals surface area (Å²) in [5, 5.41) is 11.3. The maximum atomic E-state index is 5.23. The number of nitrogens with zero attached hydrogens (tertiary/aromatic N) is 5. The average molecular weight is 266 g/mol. The minimum absolute atomic E-state index is 0.671. The molecule has 0 saturated carbocycles. The van der Waals surface area contributed by atoms with Crippen LogP contribution in [0.3, 0.4) is 0 Å². The molecule has 6 nitrogen and oxygen atoms in total. The zero-order valence-electron chi connectivity index (χ0n) is 10.9. The average Bonchev–Trinajstić information content (AvgIpc) is 2.88. The molecule has 0 aliphatic carbocycles. The van der Waals surface area contributed by atoms with Crippen molar-refractivity contribution in [3.63, 3.8) is 0 Å². The van der Waals surface area contributed by atoms with Gasteiger partial charge in [0.15, 0.2) is 4.77 Å². The fourth-order valence-electron chi connectivity index (χ4n) is 1.92. The van der Waals surface area contributed by atoms with E-state index in [1.807, 2.05) is 31.1 Å². The van der Waals surface area contributed by atoms with Crippen molar-refractivity contribution in [2.75, 3.05) is 11.9 Å². The van der Waals surface area contributed by atoms with E-state index in [0.717, 1.165) is 31.0 Å². The van der Waals surface area contributed by atoms with Gasteiger partial charge in [-0.25, -0.2) is 5.10 Å². The monoisotopic (exact) mass is 266 g/mol. The molecule has 1 N–H and O–H groups in total. The fraction of sp³-hybridized carbons (Fsp3) is 0.545. The number of nitrogens with one attached hydrogen (secondary N) is 1. The van der Waals surface area contributed by atoms with Crippen molar-refractivity contribution in [3.8, 4) is 0 Å². The maximum Gasteiger partial charge on any atom is 0.225 e. The van der Waals surface area contributed by atoms with Crippen molar-refractivity contribution in [2.24, 2.45) is 7.05 Å². The maximum absolute atomic E-state index is 5.23. The van der Waals surface area contributed by atoms with Crippen LogP contribution >= 0.6 is 12.2 Å². The van der Waals surface area contributed by atoms with E-state index in [-0.39, 0.29) is 0 Å². The lowest BCUT2D eigenvalue weighted by Crippen LogP contribution is -2.20. The van der Waals surface area contributed by atoms with E-state index >= 15 is 0 Å². The van der Waals surface area contributed by atoms with Gasteiger partial charge in [0.25, 0.3) is 0 Å². The van der Waals surface area contributed by atoms with Crippen LogP contribution in [-0.4, -0.2) is 31.6 Å². The van der Waals surface area contributed by atoms with Gasteiger partial charge in [-0.05, 0) is 18.6 Å². The van der Waals surface area contributed by atoms with Gasteiger partial charge < -0.3 is 4.90 Å². The molecule has 0 atom stereocenters. The SMILES string of the molecule is CCCn1c(N(C)Cc2cnn(C)c2)n[nH]c1=S. The van der Waals surface area contributed by atoms with Crippen LogP contribution in [-0.2, 0) is 20.1 Å². The summed E-state index contributed by atoms with van der Waals surface area (Å²) >= 11 is 5.23. The Kier molecular flexibility index (Phi) is 3.81. The predicted molar refractivity (Wildman–Crippen MR) is 73.0 cm³/mol. The first-order valence-corrected chi connectivity index (χ1v) is 6.36. The number of hydrogen-bond donors (Lipinski definition) is 1. The van der Waals surface area contributed by atoms with Gasteiger partial charge in [0.1, 0.15) is 0 Å². The molecule has 0 aliphatic rings. The molecule has 0 spiro atoms. The van der Waals surface area contributed by atoms with Crippen molar-refractivity contribution < 1.29 is 0 Å².